The molecule has 0 aromatic rings. The van der Waals surface area contributed by atoms with Crippen molar-refractivity contribution in [2.75, 3.05) is 6.16 Å². The minimum atomic E-state index is -1.22. The molecule has 0 N–H and O–H groups in total. The number of unbranched alkanes of at least 4 members (excludes halogenated alkanes) is 1. The molecular formula is C13H29OP. The van der Waals surface area contributed by atoms with Gasteiger partial charge in [-0.05, 0) is 0 Å². The second kappa shape index (κ2) is 6.63. The maximum atomic E-state index is 10.4. The summed E-state index contributed by atoms with van der Waals surface area (Å²) < 4.78 is 0. The molecular weight excluding hydrogens is 203 g/mol. The van der Waals surface area contributed by atoms with Crippen molar-refractivity contribution in [2.45, 2.75) is 71.4 Å². The maximum absolute atomic E-state index is 10.4. The Bertz CT molecular complexity index is 163. The Labute approximate surface area is 96.4 Å². The number of carbonyl (C=O) groups excluding carboxylic acids is 1. The minimum absolute atomic E-state index is 0.751. The van der Waals surface area contributed by atoms with Gasteiger partial charge in [0.25, 0.3) is 0 Å². The first-order chi connectivity index (χ1) is 6.89. The number of hydrogen-bond donors (Lipinski definition) is 0. The predicted octanol–water partition coefficient (Wildman–Crippen LogP) is 3.94. The van der Waals surface area contributed by atoms with Crippen LogP contribution >= 0.6 is 7.26 Å². The fourth-order valence-electron chi connectivity index (χ4n) is 3.36. The van der Waals surface area contributed by atoms with Crippen molar-refractivity contribution < 1.29 is 4.79 Å². The van der Waals surface area contributed by atoms with Crippen LogP contribution < -0.4 is 0 Å². The molecule has 0 rings (SSSR count). The van der Waals surface area contributed by atoms with E-state index in [0.29, 0.717) is 0 Å². The first-order valence-corrected chi connectivity index (χ1v) is 8.77. The van der Waals surface area contributed by atoms with Gasteiger partial charge in [-0.3, -0.25) is 0 Å². The fraction of sp³-hybridized carbons (Fsp3) is 0.923. The third kappa shape index (κ3) is 3.55. The molecule has 0 aliphatic rings. The van der Waals surface area contributed by atoms with Gasteiger partial charge in [0.2, 0.25) is 0 Å². The summed E-state index contributed by atoms with van der Waals surface area (Å²) in [6.07, 6.45) is 4.24. The molecule has 0 amide bonds. The third-order valence-electron chi connectivity index (χ3n) is 4.16. The van der Waals surface area contributed by atoms with Crippen molar-refractivity contribution >= 4 is 13.5 Å². The van der Waals surface area contributed by atoms with Crippen molar-refractivity contribution in [1.29, 1.82) is 0 Å². The van der Waals surface area contributed by atoms with E-state index in [1.165, 1.54) is 6.16 Å². The van der Waals surface area contributed by atoms with E-state index >= 15 is 0 Å². The average Bonchev–Trinajstić information content (AvgIpc) is 2.10. The summed E-state index contributed by atoms with van der Waals surface area (Å²) in [5.74, 6) is 0. The molecule has 0 spiro atoms. The van der Waals surface area contributed by atoms with Crippen LogP contribution in [0.4, 0.5) is 0 Å². The zero-order chi connectivity index (χ0) is 12.1. The summed E-state index contributed by atoms with van der Waals surface area (Å²) in [7, 11) is -1.22. The van der Waals surface area contributed by atoms with Gasteiger partial charge in [0.05, 0.1) is 0 Å². The summed E-state index contributed by atoms with van der Waals surface area (Å²) in [6.45, 7) is 14.3. The summed E-state index contributed by atoms with van der Waals surface area (Å²) in [5, 5.41) is 0. The van der Waals surface area contributed by atoms with Crippen LogP contribution in [-0.4, -0.2) is 29.4 Å². The van der Waals surface area contributed by atoms with Gasteiger partial charge < -0.3 is 0 Å². The SMILES string of the molecule is CC(C)[PH](CCCC=O)(C(C)C)C(C)C. The Morgan fingerprint density at radius 2 is 1.33 bits per heavy atom. The first-order valence-electron chi connectivity index (χ1n) is 6.33. The molecule has 0 aliphatic heterocycles. The normalized spacial score (nSPS) is 13.9. The number of carbonyl (C=O) groups is 1. The van der Waals surface area contributed by atoms with Gasteiger partial charge in [-0.1, -0.05) is 0 Å². The Morgan fingerprint density at radius 1 is 0.933 bits per heavy atom. The van der Waals surface area contributed by atoms with Crippen LogP contribution in [0.5, 0.6) is 0 Å². The molecule has 0 saturated carbocycles. The van der Waals surface area contributed by atoms with E-state index in [2.05, 4.69) is 41.5 Å². The molecule has 0 radical (unpaired) electrons. The summed E-state index contributed by atoms with van der Waals surface area (Å²) in [4.78, 5) is 10.4. The quantitative estimate of drug-likeness (QED) is 0.369. The van der Waals surface area contributed by atoms with Crippen LogP contribution in [0.2, 0.25) is 0 Å². The van der Waals surface area contributed by atoms with Crippen molar-refractivity contribution in [2.24, 2.45) is 0 Å². The molecule has 92 valence electrons. The Balaban J connectivity index is 4.72. The Kier molecular flexibility index (Phi) is 6.68. The second-order valence-electron chi connectivity index (χ2n) is 5.64. The van der Waals surface area contributed by atoms with E-state index < -0.39 is 7.26 Å². The first kappa shape index (κ1) is 15.1. The van der Waals surface area contributed by atoms with Gasteiger partial charge in [0, 0.05) is 0 Å². The van der Waals surface area contributed by atoms with E-state index in [4.69, 9.17) is 0 Å². The number of rotatable bonds is 7. The van der Waals surface area contributed by atoms with Crippen LogP contribution in [0.15, 0.2) is 0 Å². The molecule has 0 aliphatic carbocycles. The van der Waals surface area contributed by atoms with Gasteiger partial charge in [0.15, 0.2) is 0 Å². The molecule has 0 heterocycles. The van der Waals surface area contributed by atoms with Gasteiger partial charge in [-0.25, -0.2) is 0 Å². The van der Waals surface area contributed by atoms with E-state index in [9.17, 15) is 4.79 Å². The standard InChI is InChI=1S/C13H29OP/c1-11(2)15(12(3)4,13(5)6)10-8-7-9-14/h9,11-13,15H,7-8,10H2,1-6H3. The molecule has 0 aromatic carbocycles. The van der Waals surface area contributed by atoms with E-state index in [1.807, 2.05) is 0 Å². The summed E-state index contributed by atoms with van der Waals surface area (Å²) >= 11 is 0. The number of aldehydes is 1. The van der Waals surface area contributed by atoms with Gasteiger partial charge in [-0.2, -0.15) is 0 Å². The Hall–Kier alpha value is 0.100. The van der Waals surface area contributed by atoms with Crippen LogP contribution in [0, 0.1) is 0 Å². The van der Waals surface area contributed by atoms with Gasteiger partial charge in [-0.15, -0.1) is 0 Å². The van der Waals surface area contributed by atoms with Crippen molar-refractivity contribution in [3.05, 3.63) is 0 Å². The number of hydrogen-bond acceptors (Lipinski definition) is 1. The molecule has 15 heavy (non-hydrogen) atoms. The molecule has 0 bridgehead atoms. The van der Waals surface area contributed by atoms with Crippen molar-refractivity contribution in [3.8, 4) is 0 Å². The Morgan fingerprint density at radius 3 is 1.60 bits per heavy atom. The zero-order valence-electron chi connectivity index (χ0n) is 11.3. The fourth-order valence-corrected chi connectivity index (χ4v) is 9.91. The summed E-state index contributed by atoms with van der Waals surface area (Å²) in [5.41, 5.74) is 2.47. The van der Waals surface area contributed by atoms with E-state index in [1.54, 1.807) is 0 Å². The van der Waals surface area contributed by atoms with Gasteiger partial charge >= 0.3 is 95.9 Å². The van der Waals surface area contributed by atoms with Crippen LogP contribution in [0.25, 0.3) is 0 Å². The zero-order valence-corrected chi connectivity index (χ0v) is 12.3. The van der Waals surface area contributed by atoms with Crippen LogP contribution in [0.1, 0.15) is 54.4 Å². The molecule has 1 nitrogen and oxygen atoms in total. The third-order valence-corrected chi connectivity index (χ3v) is 11.8. The monoisotopic (exact) mass is 232 g/mol. The van der Waals surface area contributed by atoms with E-state index in [-0.39, 0.29) is 0 Å². The second-order valence-corrected chi connectivity index (χ2v) is 11.8. The van der Waals surface area contributed by atoms with Crippen molar-refractivity contribution in [3.63, 3.8) is 0 Å². The van der Waals surface area contributed by atoms with Gasteiger partial charge in [0.1, 0.15) is 0 Å². The molecule has 0 unspecified atom stereocenters. The van der Waals surface area contributed by atoms with E-state index in [0.717, 1.165) is 36.1 Å². The molecule has 0 fully saturated rings. The van der Waals surface area contributed by atoms with Crippen LogP contribution in [-0.2, 0) is 4.79 Å². The van der Waals surface area contributed by atoms with Crippen LogP contribution in [0.3, 0.4) is 0 Å². The predicted molar refractivity (Wildman–Crippen MR) is 73.9 cm³/mol. The van der Waals surface area contributed by atoms with Crippen molar-refractivity contribution in [1.82, 2.24) is 0 Å². The topological polar surface area (TPSA) is 17.1 Å². The molecule has 0 aromatic heterocycles. The average molecular weight is 232 g/mol. The molecule has 0 saturated heterocycles. The molecule has 0 atom stereocenters. The molecule has 2 heteroatoms. The summed E-state index contributed by atoms with van der Waals surface area (Å²) in [6, 6.07) is 0.